The summed E-state index contributed by atoms with van der Waals surface area (Å²) in [7, 11) is 3.93. The molecule has 0 aliphatic heterocycles. The van der Waals surface area contributed by atoms with Crippen LogP contribution in [0.2, 0.25) is 0 Å². The van der Waals surface area contributed by atoms with Gasteiger partial charge in [-0.3, -0.25) is 4.79 Å². The minimum Gasteiger partial charge on any atom is -0.484 e. The maximum Gasteiger partial charge on any atom is 0.257 e. The summed E-state index contributed by atoms with van der Waals surface area (Å²) < 4.78 is 6.45. The van der Waals surface area contributed by atoms with E-state index in [2.05, 4.69) is 21.2 Å². The van der Waals surface area contributed by atoms with Gasteiger partial charge in [-0.1, -0.05) is 15.9 Å². The second-order valence-corrected chi connectivity index (χ2v) is 5.21. The molecule has 5 heteroatoms. The molecule has 0 bridgehead atoms. The number of nitrogens with one attached hydrogen (secondary N) is 1. The molecule has 0 unspecified atom stereocenters. The molecule has 4 nitrogen and oxygen atoms in total. The number of benzene rings is 1. The number of nitrogens with zero attached hydrogens (tertiary/aromatic N) is 1. The molecule has 0 radical (unpaired) electrons. The summed E-state index contributed by atoms with van der Waals surface area (Å²) in [4.78, 5) is 13.5. The van der Waals surface area contributed by atoms with Gasteiger partial charge in [-0.25, -0.2) is 0 Å². The molecule has 1 N–H and O–H groups in total. The Kier molecular flexibility index (Phi) is 6.15. The summed E-state index contributed by atoms with van der Waals surface area (Å²) in [5.74, 6) is 0.607. The average Bonchev–Trinajstić information content (AvgIpc) is 2.30. The number of carbonyl (C=O) groups excluding carboxylic acids is 1. The Morgan fingerprint density at radius 3 is 2.78 bits per heavy atom. The molecule has 1 rings (SSSR count). The summed E-state index contributed by atoms with van der Waals surface area (Å²) in [6, 6.07) is 5.65. The Morgan fingerprint density at radius 2 is 2.17 bits per heavy atom. The van der Waals surface area contributed by atoms with Crippen molar-refractivity contribution < 1.29 is 9.53 Å². The van der Waals surface area contributed by atoms with Gasteiger partial charge in [0.2, 0.25) is 0 Å². The van der Waals surface area contributed by atoms with Crippen LogP contribution < -0.4 is 10.1 Å². The lowest BCUT2D eigenvalue weighted by molar-refractivity contribution is -0.123. The predicted octanol–water partition coefficient (Wildman–Crippen LogP) is 1.81. The van der Waals surface area contributed by atoms with Crippen molar-refractivity contribution in [1.29, 1.82) is 0 Å². The fourth-order valence-corrected chi connectivity index (χ4v) is 1.57. The average molecular weight is 315 g/mol. The van der Waals surface area contributed by atoms with Crippen molar-refractivity contribution in [1.82, 2.24) is 10.2 Å². The molecule has 1 amide bonds. The Balaban J connectivity index is 2.31. The van der Waals surface area contributed by atoms with Crippen molar-refractivity contribution in [3.8, 4) is 5.75 Å². The van der Waals surface area contributed by atoms with Crippen LogP contribution >= 0.6 is 15.9 Å². The molecule has 0 spiro atoms. The lowest BCUT2D eigenvalue weighted by Gasteiger charge is -2.11. The van der Waals surface area contributed by atoms with Crippen LogP contribution in [-0.2, 0) is 4.79 Å². The quantitative estimate of drug-likeness (QED) is 0.870. The van der Waals surface area contributed by atoms with Gasteiger partial charge in [-0.15, -0.1) is 0 Å². The summed E-state index contributed by atoms with van der Waals surface area (Å²) in [6.45, 7) is 3.49. The summed E-state index contributed by atoms with van der Waals surface area (Å²) in [5.41, 5.74) is 1.08. The first kappa shape index (κ1) is 15.0. The van der Waals surface area contributed by atoms with Gasteiger partial charge in [-0.2, -0.15) is 0 Å². The number of likely N-dealkylation sites (N-methyl/N-ethyl adjacent to an activating group) is 1. The van der Waals surface area contributed by atoms with Gasteiger partial charge in [0.05, 0.1) is 0 Å². The highest BCUT2D eigenvalue weighted by Gasteiger charge is 2.03. The van der Waals surface area contributed by atoms with E-state index < -0.39 is 0 Å². The van der Waals surface area contributed by atoms with Crippen molar-refractivity contribution in [2.24, 2.45) is 0 Å². The van der Waals surface area contributed by atoms with E-state index in [9.17, 15) is 4.79 Å². The van der Waals surface area contributed by atoms with E-state index in [0.29, 0.717) is 12.3 Å². The van der Waals surface area contributed by atoms with E-state index in [-0.39, 0.29) is 12.5 Å². The lowest BCUT2D eigenvalue weighted by atomic mass is 10.2. The van der Waals surface area contributed by atoms with Gasteiger partial charge in [0.15, 0.2) is 6.61 Å². The Hall–Kier alpha value is -1.07. The standard InChI is InChI=1S/C13H19BrN2O2/c1-10-8-11(4-5-12(10)14)18-9-13(17)15-6-7-16(2)3/h4-5,8H,6-7,9H2,1-3H3,(H,15,17). The lowest BCUT2D eigenvalue weighted by Crippen LogP contribution is -2.34. The van der Waals surface area contributed by atoms with Gasteiger partial charge in [0.25, 0.3) is 5.91 Å². The van der Waals surface area contributed by atoms with E-state index in [1.54, 1.807) is 0 Å². The van der Waals surface area contributed by atoms with Crippen LogP contribution in [0.1, 0.15) is 5.56 Å². The molecule has 1 aromatic carbocycles. The summed E-state index contributed by atoms with van der Waals surface area (Å²) in [6.07, 6.45) is 0. The van der Waals surface area contributed by atoms with Gasteiger partial charge < -0.3 is 15.0 Å². The molecule has 0 saturated carbocycles. The van der Waals surface area contributed by atoms with Gasteiger partial charge >= 0.3 is 0 Å². The third-order valence-electron chi connectivity index (χ3n) is 2.38. The Bertz CT molecular complexity index is 408. The highest BCUT2D eigenvalue weighted by atomic mass is 79.9. The van der Waals surface area contributed by atoms with Crippen LogP contribution in [0.4, 0.5) is 0 Å². The number of aryl methyl sites for hydroxylation is 1. The molecule has 18 heavy (non-hydrogen) atoms. The van der Waals surface area contributed by atoms with Crippen LogP contribution in [0.15, 0.2) is 22.7 Å². The fraction of sp³-hybridized carbons (Fsp3) is 0.462. The van der Waals surface area contributed by atoms with E-state index in [4.69, 9.17) is 4.74 Å². The molecule has 100 valence electrons. The zero-order valence-corrected chi connectivity index (χ0v) is 12.6. The van der Waals surface area contributed by atoms with Gasteiger partial charge in [0, 0.05) is 17.6 Å². The number of amides is 1. The van der Waals surface area contributed by atoms with E-state index in [1.807, 2.05) is 44.1 Å². The smallest absolute Gasteiger partial charge is 0.257 e. The minimum absolute atomic E-state index is 0.0501. The third kappa shape index (κ3) is 5.51. The van der Waals surface area contributed by atoms with Crippen LogP contribution in [0, 0.1) is 6.92 Å². The zero-order chi connectivity index (χ0) is 13.5. The van der Waals surface area contributed by atoms with Crippen molar-refractivity contribution in [2.75, 3.05) is 33.8 Å². The number of hydrogen-bond acceptors (Lipinski definition) is 3. The highest BCUT2D eigenvalue weighted by molar-refractivity contribution is 9.10. The van der Waals surface area contributed by atoms with Crippen LogP contribution in [0.25, 0.3) is 0 Å². The van der Waals surface area contributed by atoms with Gasteiger partial charge in [-0.05, 0) is 44.8 Å². The van der Waals surface area contributed by atoms with E-state index in [1.165, 1.54) is 0 Å². The molecule has 0 fully saturated rings. The molecule has 0 aromatic heterocycles. The first-order valence-corrected chi connectivity index (χ1v) is 6.58. The summed E-state index contributed by atoms with van der Waals surface area (Å²) >= 11 is 3.42. The number of halogens is 1. The molecule has 0 aliphatic carbocycles. The van der Waals surface area contributed by atoms with Gasteiger partial charge in [0.1, 0.15) is 5.75 Å². The van der Waals surface area contributed by atoms with Crippen LogP contribution in [-0.4, -0.2) is 44.6 Å². The van der Waals surface area contributed by atoms with Crippen molar-refractivity contribution in [3.63, 3.8) is 0 Å². The fourth-order valence-electron chi connectivity index (χ4n) is 1.33. The van der Waals surface area contributed by atoms with Crippen molar-refractivity contribution in [3.05, 3.63) is 28.2 Å². The maximum absolute atomic E-state index is 11.5. The van der Waals surface area contributed by atoms with Crippen molar-refractivity contribution in [2.45, 2.75) is 6.92 Å². The monoisotopic (exact) mass is 314 g/mol. The second-order valence-electron chi connectivity index (χ2n) is 4.35. The molecule has 0 saturated heterocycles. The van der Waals surface area contributed by atoms with Crippen LogP contribution in [0.5, 0.6) is 5.75 Å². The predicted molar refractivity (Wildman–Crippen MR) is 75.9 cm³/mol. The third-order valence-corrected chi connectivity index (χ3v) is 3.27. The van der Waals surface area contributed by atoms with E-state index in [0.717, 1.165) is 16.6 Å². The first-order chi connectivity index (χ1) is 8.49. The van der Waals surface area contributed by atoms with E-state index >= 15 is 0 Å². The van der Waals surface area contributed by atoms with Crippen LogP contribution in [0.3, 0.4) is 0 Å². The van der Waals surface area contributed by atoms with Crippen molar-refractivity contribution >= 4 is 21.8 Å². The maximum atomic E-state index is 11.5. The number of rotatable bonds is 6. The normalized spacial score (nSPS) is 10.5. The summed E-state index contributed by atoms with van der Waals surface area (Å²) in [5, 5.41) is 2.80. The largest absolute Gasteiger partial charge is 0.484 e. The molecule has 0 atom stereocenters. The molecule has 1 aromatic rings. The molecule has 0 heterocycles. The molecular formula is C13H19BrN2O2. The molecule has 0 aliphatic rings. The number of carbonyl (C=O) groups is 1. The topological polar surface area (TPSA) is 41.6 Å². The Labute approximate surface area is 116 Å². The Morgan fingerprint density at radius 1 is 1.44 bits per heavy atom. The second kappa shape index (κ2) is 7.38. The number of hydrogen-bond donors (Lipinski definition) is 1. The first-order valence-electron chi connectivity index (χ1n) is 5.79. The minimum atomic E-state index is -0.0996. The SMILES string of the molecule is Cc1cc(OCC(=O)NCCN(C)C)ccc1Br. The molecular weight excluding hydrogens is 296 g/mol. The highest BCUT2D eigenvalue weighted by Crippen LogP contribution is 2.21. The number of ether oxygens (including phenoxy) is 1. The zero-order valence-electron chi connectivity index (χ0n) is 11.0.